The van der Waals surface area contributed by atoms with Crippen LogP contribution in [-0.2, 0) is 10.0 Å². The number of fused-ring (bicyclic) bond motifs is 1. The number of sulfonamides is 1. The predicted molar refractivity (Wildman–Crippen MR) is 74.8 cm³/mol. The molecule has 0 aliphatic carbocycles. The Morgan fingerprint density at radius 3 is 2.16 bits per heavy atom. The first-order valence-corrected chi connectivity index (χ1v) is 7.68. The molecule has 1 aliphatic rings. The second kappa shape index (κ2) is 7.13. The molecule has 1 aliphatic heterocycles. The molecule has 0 aromatic heterocycles. The Balaban J connectivity index is 0.000000741. The fourth-order valence-corrected chi connectivity index (χ4v) is 2.53. The van der Waals surface area contributed by atoms with Gasteiger partial charge in [-0.15, -0.1) is 0 Å². The molecule has 0 bridgehead atoms. The van der Waals surface area contributed by atoms with Crippen molar-refractivity contribution in [3.63, 3.8) is 0 Å². The van der Waals surface area contributed by atoms with Crippen molar-refractivity contribution >= 4 is 16.1 Å². The quantitative estimate of drug-likeness (QED) is 0.735. The first-order chi connectivity index (χ1) is 8.93. The topological polar surface area (TPSA) is 63.7 Å². The lowest BCUT2D eigenvalue weighted by Crippen LogP contribution is -2.39. The van der Waals surface area contributed by atoms with Crippen molar-refractivity contribution < 1.29 is 17.9 Å². The average molecular weight is 287 g/mol. The number of hydrogen-bond acceptors (Lipinski definition) is 4. The minimum absolute atomic E-state index is 0.0320. The first-order valence-electron chi connectivity index (χ1n) is 6.24. The molecule has 1 aromatic rings. The number of rotatable bonds is 0. The summed E-state index contributed by atoms with van der Waals surface area (Å²) < 4.78 is 29.0. The van der Waals surface area contributed by atoms with E-state index in [0.717, 1.165) is 5.56 Å². The molecule has 0 N–H and O–H groups in total. The van der Waals surface area contributed by atoms with Gasteiger partial charge in [0.1, 0.15) is 4.90 Å². The second-order valence-corrected chi connectivity index (χ2v) is 5.23. The number of benzene rings is 1. The molecule has 1 amide bonds. The van der Waals surface area contributed by atoms with E-state index in [4.69, 9.17) is 4.74 Å². The maximum atomic E-state index is 11.8. The second-order valence-electron chi connectivity index (χ2n) is 3.29. The van der Waals surface area contributed by atoms with E-state index in [2.05, 4.69) is 0 Å². The first kappa shape index (κ1) is 17.4. The summed E-state index contributed by atoms with van der Waals surface area (Å²) in [5.41, 5.74) is 0.795. The van der Waals surface area contributed by atoms with Crippen molar-refractivity contribution in [3.8, 4) is 5.75 Å². The number of ether oxygens (including phenoxy) is 1. The maximum absolute atomic E-state index is 11.8. The normalized spacial score (nSPS) is 15.1. The van der Waals surface area contributed by atoms with Crippen LogP contribution in [0, 0.1) is 6.92 Å². The van der Waals surface area contributed by atoms with Gasteiger partial charge in [-0.05, 0) is 24.6 Å². The fourth-order valence-electron chi connectivity index (χ4n) is 1.31. The van der Waals surface area contributed by atoms with Crippen LogP contribution in [0.15, 0.2) is 23.1 Å². The third-order valence-corrected chi connectivity index (χ3v) is 3.94. The molecular weight excluding hydrogens is 266 g/mol. The lowest BCUT2D eigenvalue weighted by Gasteiger charge is -2.24. The van der Waals surface area contributed by atoms with Gasteiger partial charge >= 0.3 is 6.09 Å². The Morgan fingerprint density at radius 2 is 1.63 bits per heavy atom. The van der Waals surface area contributed by atoms with Gasteiger partial charge in [0.25, 0.3) is 10.0 Å². The van der Waals surface area contributed by atoms with Crippen LogP contribution in [0.4, 0.5) is 4.79 Å². The lowest BCUT2D eigenvalue weighted by molar-refractivity contribution is 0.179. The van der Waals surface area contributed by atoms with E-state index >= 15 is 0 Å². The molecule has 0 atom stereocenters. The van der Waals surface area contributed by atoms with Crippen LogP contribution in [0.2, 0.25) is 0 Å². The standard InChI is InChI=1S/C9H9NO4S.2C2H6/c1-6-3-4-7-8(5-6)15(12,13)10(2)9(11)14-7;2*1-2/h3-5H,1-2H3;2*1-2H3. The molecule has 1 heterocycles. The van der Waals surface area contributed by atoms with E-state index in [9.17, 15) is 13.2 Å². The van der Waals surface area contributed by atoms with Gasteiger partial charge in [0.2, 0.25) is 0 Å². The largest absolute Gasteiger partial charge is 0.429 e. The van der Waals surface area contributed by atoms with E-state index in [1.165, 1.54) is 19.2 Å². The third kappa shape index (κ3) is 3.47. The van der Waals surface area contributed by atoms with Gasteiger partial charge in [0, 0.05) is 7.05 Å². The predicted octanol–water partition coefficient (Wildman–Crippen LogP) is 3.18. The zero-order valence-corrected chi connectivity index (χ0v) is 13.0. The zero-order chi connectivity index (χ0) is 15.2. The highest BCUT2D eigenvalue weighted by molar-refractivity contribution is 7.89. The summed E-state index contributed by atoms with van der Waals surface area (Å²) in [6.07, 6.45) is -0.883. The summed E-state index contributed by atoms with van der Waals surface area (Å²) in [5, 5.41) is 0. The summed E-state index contributed by atoms with van der Waals surface area (Å²) in [5.74, 6) is 0.0868. The number of nitrogens with zero attached hydrogens (tertiary/aromatic N) is 1. The number of hydrogen-bond donors (Lipinski definition) is 0. The fraction of sp³-hybridized carbons (Fsp3) is 0.462. The highest BCUT2D eigenvalue weighted by Crippen LogP contribution is 2.31. The van der Waals surface area contributed by atoms with Crippen molar-refractivity contribution in [1.29, 1.82) is 0 Å². The molecule has 0 radical (unpaired) electrons. The molecule has 0 spiro atoms. The lowest BCUT2D eigenvalue weighted by atomic mass is 10.2. The molecular formula is C13H21NO4S. The highest BCUT2D eigenvalue weighted by Gasteiger charge is 2.35. The van der Waals surface area contributed by atoms with Gasteiger partial charge in [-0.25, -0.2) is 17.5 Å². The summed E-state index contributed by atoms with van der Waals surface area (Å²) in [6, 6.07) is 4.65. The SMILES string of the molecule is CC.CC.Cc1ccc2c(c1)S(=O)(=O)N(C)C(=O)O2. The van der Waals surface area contributed by atoms with Crippen LogP contribution in [0.3, 0.4) is 0 Å². The van der Waals surface area contributed by atoms with Crippen molar-refractivity contribution in [2.45, 2.75) is 39.5 Å². The van der Waals surface area contributed by atoms with Crippen LogP contribution in [0.25, 0.3) is 0 Å². The summed E-state index contributed by atoms with van der Waals surface area (Å²) >= 11 is 0. The Bertz CT molecular complexity index is 538. The van der Waals surface area contributed by atoms with Crippen LogP contribution in [-0.4, -0.2) is 25.9 Å². The van der Waals surface area contributed by atoms with E-state index in [0.29, 0.717) is 4.31 Å². The van der Waals surface area contributed by atoms with E-state index in [-0.39, 0.29) is 10.6 Å². The van der Waals surface area contributed by atoms with Gasteiger partial charge in [-0.1, -0.05) is 33.8 Å². The molecule has 0 saturated heterocycles. The monoisotopic (exact) mass is 287 g/mol. The Morgan fingerprint density at radius 1 is 1.11 bits per heavy atom. The molecule has 0 unspecified atom stereocenters. The van der Waals surface area contributed by atoms with Crippen molar-refractivity contribution in [1.82, 2.24) is 4.31 Å². The zero-order valence-electron chi connectivity index (χ0n) is 12.2. The summed E-state index contributed by atoms with van der Waals surface area (Å²) in [7, 11) is -2.56. The van der Waals surface area contributed by atoms with Crippen molar-refractivity contribution in [2.24, 2.45) is 0 Å². The van der Waals surface area contributed by atoms with Crippen molar-refractivity contribution in [2.75, 3.05) is 7.05 Å². The Kier molecular flexibility index (Phi) is 6.55. The maximum Gasteiger partial charge on any atom is 0.429 e. The smallest absolute Gasteiger partial charge is 0.408 e. The van der Waals surface area contributed by atoms with E-state index in [1.54, 1.807) is 13.0 Å². The Labute approximate surface area is 115 Å². The van der Waals surface area contributed by atoms with Gasteiger partial charge in [-0.3, -0.25) is 0 Å². The number of aryl methyl sites for hydroxylation is 1. The number of amides is 1. The molecule has 0 fully saturated rings. The molecule has 6 heteroatoms. The minimum Gasteiger partial charge on any atom is -0.408 e. The van der Waals surface area contributed by atoms with Crippen LogP contribution >= 0.6 is 0 Å². The van der Waals surface area contributed by atoms with E-state index in [1.807, 2.05) is 27.7 Å². The molecule has 2 rings (SSSR count). The third-order valence-electron chi connectivity index (χ3n) is 2.19. The van der Waals surface area contributed by atoms with E-state index < -0.39 is 16.1 Å². The van der Waals surface area contributed by atoms with Crippen molar-refractivity contribution in [3.05, 3.63) is 23.8 Å². The number of carbonyl (C=O) groups excluding carboxylic acids is 1. The average Bonchev–Trinajstić information content (AvgIpc) is 2.43. The molecule has 1 aromatic carbocycles. The summed E-state index contributed by atoms with van der Waals surface area (Å²) in [4.78, 5) is 11.2. The Hall–Kier alpha value is -1.56. The molecule has 5 nitrogen and oxygen atoms in total. The van der Waals surface area contributed by atoms with Crippen LogP contribution in [0.1, 0.15) is 33.3 Å². The van der Waals surface area contributed by atoms with Crippen LogP contribution < -0.4 is 4.74 Å². The van der Waals surface area contributed by atoms with Gasteiger partial charge in [0.15, 0.2) is 5.75 Å². The highest BCUT2D eigenvalue weighted by atomic mass is 32.2. The van der Waals surface area contributed by atoms with Crippen LogP contribution in [0.5, 0.6) is 5.75 Å². The minimum atomic E-state index is -3.73. The summed E-state index contributed by atoms with van der Waals surface area (Å²) in [6.45, 7) is 9.77. The molecule has 19 heavy (non-hydrogen) atoms. The van der Waals surface area contributed by atoms with Gasteiger partial charge < -0.3 is 4.74 Å². The molecule has 108 valence electrons. The van der Waals surface area contributed by atoms with Gasteiger partial charge in [-0.2, -0.15) is 0 Å². The number of carbonyl (C=O) groups is 1. The van der Waals surface area contributed by atoms with Gasteiger partial charge in [0.05, 0.1) is 0 Å². The molecule has 0 saturated carbocycles.